The number of hydrogen-bond donors (Lipinski definition) is 0. The van der Waals surface area contributed by atoms with E-state index in [-0.39, 0.29) is 24.0 Å². The molecule has 2 unspecified atom stereocenters. The fourth-order valence-corrected chi connectivity index (χ4v) is 2.51. The summed E-state index contributed by atoms with van der Waals surface area (Å²) >= 11 is 0. The number of carbonyl (C=O) groups is 2. The largest absolute Gasteiger partial charge is 0.468 e. The molecule has 2 atom stereocenters. The fourth-order valence-electron chi connectivity index (χ4n) is 2.51. The van der Waals surface area contributed by atoms with Gasteiger partial charge in [-0.15, -0.1) is 0 Å². The first-order valence-corrected chi connectivity index (χ1v) is 6.62. The molecule has 0 radical (unpaired) electrons. The second kappa shape index (κ2) is 6.52. The van der Waals surface area contributed by atoms with Crippen LogP contribution in [-0.4, -0.2) is 49.7 Å². The smallest absolute Gasteiger partial charge is 0.323 e. The van der Waals surface area contributed by atoms with Crippen LogP contribution in [-0.2, 0) is 25.5 Å². The number of hydrogen-bond acceptors (Lipinski definition) is 5. The van der Waals surface area contributed by atoms with Crippen molar-refractivity contribution in [1.82, 2.24) is 4.90 Å². The Balaban J connectivity index is 1.99. The molecule has 1 heterocycles. The summed E-state index contributed by atoms with van der Waals surface area (Å²) in [5.41, 5.74) is 1.17. The SMILES string of the molecule is COC(=O)C1CC(C(=O)OC)N1CCc1ccccc1. The molecule has 0 saturated carbocycles. The van der Waals surface area contributed by atoms with Gasteiger partial charge in [-0.3, -0.25) is 14.5 Å². The molecular formula is C15H19NO4. The molecule has 0 amide bonds. The van der Waals surface area contributed by atoms with Gasteiger partial charge in [0.25, 0.3) is 0 Å². The lowest BCUT2D eigenvalue weighted by Crippen LogP contribution is -2.63. The molecule has 5 heteroatoms. The van der Waals surface area contributed by atoms with Gasteiger partial charge in [-0.1, -0.05) is 30.3 Å². The van der Waals surface area contributed by atoms with Crippen LogP contribution in [0.2, 0.25) is 0 Å². The molecule has 108 valence electrons. The lowest BCUT2D eigenvalue weighted by molar-refractivity contribution is -0.167. The van der Waals surface area contributed by atoms with Crippen molar-refractivity contribution in [2.24, 2.45) is 0 Å². The van der Waals surface area contributed by atoms with Gasteiger partial charge < -0.3 is 9.47 Å². The third-order valence-electron chi connectivity index (χ3n) is 3.70. The summed E-state index contributed by atoms with van der Waals surface area (Å²) in [5.74, 6) is -0.587. The highest BCUT2D eigenvalue weighted by Gasteiger charge is 2.47. The maximum absolute atomic E-state index is 11.7. The molecule has 1 aliphatic rings. The Morgan fingerprint density at radius 2 is 1.65 bits per heavy atom. The van der Waals surface area contributed by atoms with Gasteiger partial charge in [-0.25, -0.2) is 0 Å². The Bertz CT molecular complexity index is 452. The zero-order valence-electron chi connectivity index (χ0n) is 11.7. The van der Waals surface area contributed by atoms with E-state index < -0.39 is 0 Å². The zero-order chi connectivity index (χ0) is 14.5. The lowest BCUT2D eigenvalue weighted by Gasteiger charge is -2.44. The summed E-state index contributed by atoms with van der Waals surface area (Å²) in [4.78, 5) is 25.2. The van der Waals surface area contributed by atoms with Crippen molar-refractivity contribution < 1.29 is 19.1 Å². The van der Waals surface area contributed by atoms with E-state index in [4.69, 9.17) is 9.47 Å². The summed E-state index contributed by atoms with van der Waals surface area (Å²) in [6.45, 7) is 0.629. The number of likely N-dealkylation sites (tertiary alicyclic amines) is 1. The fraction of sp³-hybridized carbons (Fsp3) is 0.467. The number of nitrogens with zero attached hydrogens (tertiary/aromatic N) is 1. The standard InChI is InChI=1S/C15H19NO4/c1-19-14(17)12-10-13(15(18)20-2)16(12)9-8-11-6-4-3-5-7-11/h3-7,12-13H,8-10H2,1-2H3. The molecule has 1 aromatic rings. The van der Waals surface area contributed by atoms with Crippen molar-refractivity contribution in [2.75, 3.05) is 20.8 Å². The highest BCUT2D eigenvalue weighted by Crippen LogP contribution is 2.28. The Hall–Kier alpha value is -1.88. The molecule has 0 N–H and O–H groups in total. The van der Waals surface area contributed by atoms with E-state index in [9.17, 15) is 9.59 Å². The zero-order valence-corrected chi connectivity index (χ0v) is 11.7. The van der Waals surface area contributed by atoms with Crippen molar-refractivity contribution in [1.29, 1.82) is 0 Å². The van der Waals surface area contributed by atoms with Gasteiger partial charge in [0.15, 0.2) is 0 Å². The minimum Gasteiger partial charge on any atom is -0.468 e. The summed E-state index contributed by atoms with van der Waals surface area (Å²) in [7, 11) is 2.73. The van der Waals surface area contributed by atoms with Crippen molar-refractivity contribution in [3.63, 3.8) is 0 Å². The predicted octanol–water partition coefficient (Wildman–Crippen LogP) is 1.02. The van der Waals surface area contributed by atoms with Crippen LogP contribution in [0.4, 0.5) is 0 Å². The van der Waals surface area contributed by atoms with Gasteiger partial charge in [0.1, 0.15) is 12.1 Å². The van der Waals surface area contributed by atoms with Crippen molar-refractivity contribution in [3.8, 4) is 0 Å². The summed E-state index contributed by atoms with van der Waals surface area (Å²) in [6.07, 6.45) is 1.25. The van der Waals surface area contributed by atoms with Crippen LogP contribution in [0.3, 0.4) is 0 Å². The van der Waals surface area contributed by atoms with Crippen LogP contribution in [0.15, 0.2) is 30.3 Å². The minimum atomic E-state index is -0.340. The van der Waals surface area contributed by atoms with Crippen LogP contribution in [0.1, 0.15) is 12.0 Å². The van der Waals surface area contributed by atoms with E-state index in [1.807, 2.05) is 35.2 Å². The van der Waals surface area contributed by atoms with E-state index >= 15 is 0 Å². The van der Waals surface area contributed by atoms with E-state index in [2.05, 4.69) is 0 Å². The monoisotopic (exact) mass is 277 g/mol. The quantitative estimate of drug-likeness (QED) is 0.752. The second-order valence-corrected chi connectivity index (χ2v) is 4.79. The van der Waals surface area contributed by atoms with E-state index in [0.717, 1.165) is 6.42 Å². The average molecular weight is 277 g/mol. The summed E-state index contributed by atoms with van der Waals surface area (Å²) in [6, 6.07) is 9.28. The first-order valence-electron chi connectivity index (χ1n) is 6.62. The van der Waals surface area contributed by atoms with Gasteiger partial charge >= 0.3 is 11.9 Å². The van der Waals surface area contributed by atoms with Crippen molar-refractivity contribution in [2.45, 2.75) is 24.9 Å². The Labute approximate surface area is 118 Å². The first-order chi connectivity index (χ1) is 9.67. The second-order valence-electron chi connectivity index (χ2n) is 4.79. The first kappa shape index (κ1) is 14.5. The molecule has 0 spiro atoms. The highest BCUT2D eigenvalue weighted by atomic mass is 16.5. The van der Waals surface area contributed by atoms with Crippen LogP contribution < -0.4 is 0 Å². The van der Waals surface area contributed by atoms with Gasteiger partial charge in [-0.05, 0) is 18.4 Å². The van der Waals surface area contributed by atoms with Gasteiger partial charge in [0.2, 0.25) is 0 Å². The Kier molecular flexibility index (Phi) is 4.74. The van der Waals surface area contributed by atoms with Crippen molar-refractivity contribution in [3.05, 3.63) is 35.9 Å². The van der Waals surface area contributed by atoms with Crippen molar-refractivity contribution >= 4 is 11.9 Å². The number of esters is 2. The molecule has 1 fully saturated rings. The Morgan fingerprint density at radius 3 is 2.15 bits per heavy atom. The van der Waals surface area contributed by atoms with Gasteiger partial charge in [0, 0.05) is 6.54 Å². The number of ether oxygens (including phenoxy) is 2. The molecule has 5 nitrogen and oxygen atoms in total. The summed E-state index contributed by atoms with van der Waals surface area (Å²) in [5, 5.41) is 0. The topological polar surface area (TPSA) is 55.8 Å². The maximum atomic E-state index is 11.7. The van der Waals surface area contributed by atoms with Crippen LogP contribution >= 0.6 is 0 Å². The normalized spacial score (nSPS) is 21.9. The predicted molar refractivity (Wildman–Crippen MR) is 73.1 cm³/mol. The molecule has 0 aromatic heterocycles. The van der Waals surface area contributed by atoms with Gasteiger partial charge in [-0.2, -0.15) is 0 Å². The molecule has 1 aliphatic heterocycles. The highest BCUT2D eigenvalue weighted by molar-refractivity contribution is 5.84. The summed E-state index contributed by atoms with van der Waals surface area (Å²) < 4.78 is 9.53. The number of rotatable bonds is 5. The third kappa shape index (κ3) is 2.99. The minimum absolute atomic E-state index is 0.293. The number of carbonyl (C=O) groups excluding carboxylic acids is 2. The lowest BCUT2D eigenvalue weighted by atomic mass is 9.92. The van der Waals surface area contributed by atoms with E-state index in [1.54, 1.807) is 0 Å². The average Bonchev–Trinajstić information content (AvgIpc) is 2.47. The van der Waals surface area contributed by atoms with Crippen LogP contribution in [0.25, 0.3) is 0 Å². The molecule has 20 heavy (non-hydrogen) atoms. The molecule has 2 rings (SSSR count). The molecule has 0 aliphatic carbocycles. The molecular weight excluding hydrogens is 258 g/mol. The van der Waals surface area contributed by atoms with Gasteiger partial charge in [0.05, 0.1) is 14.2 Å². The van der Waals surface area contributed by atoms with E-state index in [1.165, 1.54) is 19.8 Å². The van der Waals surface area contributed by atoms with Crippen LogP contribution in [0.5, 0.6) is 0 Å². The number of benzene rings is 1. The number of methoxy groups -OCH3 is 2. The Morgan fingerprint density at radius 1 is 1.10 bits per heavy atom. The maximum Gasteiger partial charge on any atom is 0.323 e. The van der Waals surface area contributed by atoms with E-state index in [0.29, 0.717) is 13.0 Å². The van der Waals surface area contributed by atoms with Crippen LogP contribution in [0, 0.1) is 0 Å². The molecule has 1 saturated heterocycles. The molecule has 0 bridgehead atoms. The third-order valence-corrected chi connectivity index (χ3v) is 3.70. The molecule has 1 aromatic carbocycles.